The number of pyridine rings is 1. The van der Waals surface area contributed by atoms with Gasteiger partial charge in [0.25, 0.3) is 0 Å². The number of carbonyl (C=O) groups is 1. The van der Waals surface area contributed by atoms with Crippen molar-refractivity contribution in [3.8, 4) is 11.3 Å². The monoisotopic (exact) mass is 359 g/mol. The van der Waals surface area contributed by atoms with E-state index in [9.17, 15) is 4.79 Å². The van der Waals surface area contributed by atoms with E-state index in [0.717, 1.165) is 53.8 Å². The van der Waals surface area contributed by atoms with E-state index in [1.54, 1.807) is 0 Å². The van der Waals surface area contributed by atoms with Gasteiger partial charge in [0.1, 0.15) is 6.29 Å². The second-order valence-corrected chi connectivity index (χ2v) is 7.31. The molecule has 1 aromatic carbocycles. The highest BCUT2D eigenvalue weighted by molar-refractivity contribution is 5.67. The molecule has 0 bridgehead atoms. The van der Waals surface area contributed by atoms with Crippen LogP contribution in [0.5, 0.6) is 0 Å². The lowest BCUT2D eigenvalue weighted by Gasteiger charge is -2.07. The third-order valence-corrected chi connectivity index (χ3v) is 5.13. The lowest BCUT2D eigenvalue weighted by atomic mass is 10.0. The van der Waals surface area contributed by atoms with Crippen molar-refractivity contribution >= 4 is 17.6 Å². The number of aromatic nitrogens is 2. The molecule has 4 heteroatoms. The number of allylic oxidation sites excluding steroid dienone is 1. The van der Waals surface area contributed by atoms with Crippen LogP contribution in [-0.4, -0.2) is 15.9 Å². The van der Waals surface area contributed by atoms with Crippen molar-refractivity contribution in [3.05, 3.63) is 66.4 Å². The number of hydrogen-bond acceptors (Lipinski definition) is 3. The van der Waals surface area contributed by atoms with E-state index in [0.29, 0.717) is 12.3 Å². The summed E-state index contributed by atoms with van der Waals surface area (Å²) in [5, 5.41) is 8.11. The van der Waals surface area contributed by atoms with E-state index in [4.69, 9.17) is 5.10 Å². The van der Waals surface area contributed by atoms with Crippen LogP contribution in [-0.2, 0) is 11.2 Å². The highest BCUT2D eigenvalue weighted by atomic mass is 16.1. The van der Waals surface area contributed by atoms with Crippen molar-refractivity contribution in [1.82, 2.24) is 9.61 Å². The molecule has 138 valence electrons. The van der Waals surface area contributed by atoms with Gasteiger partial charge in [-0.25, -0.2) is 4.52 Å². The van der Waals surface area contributed by atoms with Crippen LogP contribution in [0.15, 0.2) is 60.8 Å². The number of fused-ring (bicyclic) bond motifs is 1. The predicted octanol–water partition coefficient (Wildman–Crippen LogP) is 5.25. The molecule has 1 fully saturated rings. The Morgan fingerprint density at radius 3 is 2.74 bits per heavy atom. The molecule has 1 N–H and O–H groups in total. The first kappa shape index (κ1) is 17.5. The second kappa shape index (κ2) is 7.78. The quantitative estimate of drug-likeness (QED) is 0.419. The lowest BCUT2D eigenvalue weighted by Crippen LogP contribution is -2.01. The average molecular weight is 359 g/mol. The van der Waals surface area contributed by atoms with Gasteiger partial charge in [0.15, 0.2) is 5.82 Å². The molecule has 0 radical (unpaired) electrons. The molecule has 3 aromatic rings. The number of nitrogens with one attached hydrogen (secondary N) is 1. The van der Waals surface area contributed by atoms with Crippen molar-refractivity contribution in [3.63, 3.8) is 0 Å². The molecule has 0 saturated heterocycles. The summed E-state index contributed by atoms with van der Waals surface area (Å²) in [6.07, 6.45) is 7.13. The summed E-state index contributed by atoms with van der Waals surface area (Å²) in [5.74, 6) is 1.46. The van der Waals surface area contributed by atoms with Crippen LogP contribution < -0.4 is 5.32 Å². The first-order chi connectivity index (χ1) is 13.2. The Morgan fingerprint density at radius 1 is 1.19 bits per heavy atom. The second-order valence-electron chi connectivity index (χ2n) is 7.31. The zero-order valence-corrected chi connectivity index (χ0v) is 15.5. The van der Waals surface area contributed by atoms with Crippen molar-refractivity contribution in [1.29, 1.82) is 0 Å². The van der Waals surface area contributed by atoms with E-state index >= 15 is 0 Å². The highest BCUT2D eigenvalue weighted by Gasteiger charge is 2.25. The average Bonchev–Trinajstić information content (AvgIpc) is 3.46. The van der Waals surface area contributed by atoms with Gasteiger partial charge in [0, 0.05) is 23.7 Å². The van der Waals surface area contributed by atoms with Crippen LogP contribution in [0.3, 0.4) is 0 Å². The smallest absolute Gasteiger partial charge is 0.153 e. The highest BCUT2D eigenvalue weighted by Crippen LogP contribution is 2.35. The third-order valence-electron chi connectivity index (χ3n) is 5.13. The Hall–Kier alpha value is -2.88. The molecule has 0 unspecified atom stereocenters. The predicted molar refractivity (Wildman–Crippen MR) is 110 cm³/mol. The topological polar surface area (TPSA) is 46.4 Å². The summed E-state index contributed by atoms with van der Waals surface area (Å²) in [7, 11) is 0. The molecule has 4 nitrogen and oxygen atoms in total. The Balaban J connectivity index is 1.53. The fraction of sp³-hybridized carbons (Fsp3) is 0.304. The fourth-order valence-electron chi connectivity index (χ4n) is 3.39. The van der Waals surface area contributed by atoms with Crippen molar-refractivity contribution < 1.29 is 4.79 Å². The first-order valence-corrected chi connectivity index (χ1v) is 9.72. The minimum atomic E-state index is 0.605. The number of carbonyl (C=O) groups excluding carboxylic acids is 1. The van der Waals surface area contributed by atoms with E-state index < -0.39 is 0 Å². The van der Waals surface area contributed by atoms with Gasteiger partial charge in [-0.05, 0) is 55.7 Å². The maximum atomic E-state index is 10.4. The van der Waals surface area contributed by atoms with Crippen LogP contribution >= 0.6 is 0 Å². The Labute approximate surface area is 159 Å². The summed E-state index contributed by atoms with van der Waals surface area (Å²) in [5.41, 5.74) is 5.66. The number of anilines is 1. The SMILES string of the molecule is C=C(Nc1cc2cccc(-c3ccc(CCCCC=O)cc3)n2n1)C1CC1. The molecule has 2 aromatic heterocycles. The molecular formula is C23H25N3O. The molecule has 0 amide bonds. The normalized spacial score (nSPS) is 13.6. The molecular weight excluding hydrogens is 334 g/mol. The summed E-state index contributed by atoms with van der Waals surface area (Å²) in [6, 6.07) is 17.0. The Morgan fingerprint density at radius 2 is 2.00 bits per heavy atom. The number of aldehydes is 1. The van der Waals surface area contributed by atoms with Crippen molar-refractivity contribution in [2.75, 3.05) is 5.32 Å². The molecule has 1 saturated carbocycles. The largest absolute Gasteiger partial charge is 0.343 e. The van der Waals surface area contributed by atoms with Gasteiger partial charge in [-0.15, -0.1) is 5.10 Å². The number of aryl methyl sites for hydroxylation is 1. The van der Waals surface area contributed by atoms with Gasteiger partial charge in [-0.3, -0.25) is 0 Å². The van der Waals surface area contributed by atoms with Gasteiger partial charge in [0.2, 0.25) is 0 Å². The zero-order valence-electron chi connectivity index (χ0n) is 15.5. The van der Waals surface area contributed by atoms with Crippen LogP contribution in [0.2, 0.25) is 0 Å². The third kappa shape index (κ3) is 4.11. The number of nitrogens with zero attached hydrogens (tertiary/aromatic N) is 2. The van der Waals surface area contributed by atoms with Gasteiger partial charge < -0.3 is 10.1 Å². The van der Waals surface area contributed by atoms with Gasteiger partial charge in [0.05, 0.1) is 11.2 Å². The molecule has 27 heavy (non-hydrogen) atoms. The number of hydrogen-bond donors (Lipinski definition) is 1. The Kier molecular flexibility index (Phi) is 5.05. The Bertz CT molecular complexity index is 951. The summed E-state index contributed by atoms with van der Waals surface area (Å²) in [6.45, 7) is 4.13. The standard InChI is InChI=1S/C23H25N3O/c1-17(19-13-14-19)24-23-16-21-7-5-8-22(26(21)25-23)20-11-9-18(10-12-20)6-3-2-4-15-27/h5,7-12,15-16,19H,1-4,6,13-14H2,(H,24,25). The molecule has 0 atom stereocenters. The van der Waals surface area contributed by atoms with Crippen molar-refractivity contribution in [2.45, 2.75) is 38.5 Å². The van der Waals surface area contributed by atoms with Gasteiger partial charge in [-0.2, -0.15) is 0 Å². The van der Waals surface area contributed by atoms with Crippen LogP contribution in [0.25, 0.3) is 16.8 Å². The van der Waals surface area contributed by atoms with E-state index in [1.807, 2.05) is 4.52 Å². The molecule has 1 aliphatic carbocycles. The number of unbranched alkanes of at least 4 members (excludes halogenated alkanes) is 2. The lowest BCUT2D eigenvalue weighted by molar-refractivity contribution is -0.107. The number of benzene rings is 1. The molecule has 2 heterocycles. The molecule has 0 aliphatic heterocycles. The maximum absolute atomic E-state index is 10.4. The van der Waals surface area contributed by atoms with Crippen molar-refractivity contribution in [2.24, 2.45) is 5.92 Å². The fourth-order valence-corrected chi connectivity index (χ4v) is 3.39. The zero-order chi connectivity index (χ0) is 18.6. The number of rotatable bonds is 9. The molecule has 0 spiro atoms. The molecule has 1 aliphatic rings. The minimum Gasteiger partial charge on any atom is -0.343 e. The van der Waals surface area contributed by atoms with Crippen LogP contribution in [0.4, 0.5) is 5.82 Å². The summed E-state index contributed by atoms with van der Waals surface area (Å²) >= 11 is 0. The summed E-state index contributed by atoms with van der Waals surface area (Å²) in [4.78, 5) is 10.4. The van der Waals surface area contributed by atoms with E-state index in [1.165, 1.54) is 18.4 Å². The van der Waals surface area contributed by atoms with Crippen LogP contribution in [0, 0.1) is 5.92 Å². The maximum Gasteiger partial charge on any atom is 0.153 e. The van der Waals surface area contributed by atoms with Gasteiger partial charge in [-0.1, -0.05) is 36.9 Å². The first-order valence-electron chi connectivity index (χ1n) is 9.72. The minimum absolute atomic E-state index is 0.605. The molecule has 4 rings (SSSR count). The van der Waals surface area contributed by atoms with E-state index in [-0.39, 0.29) is 0 Å². The van der Waals surface area contributed by atoms with Gasteiger partial charge >= 0.3 is 0 Å². The van der Waals surface area contributed by atoms with Crippen LogP contribution in [0.1, 0.15) is 37.7 Å². The summed E-state index contributed by atoms with van der Waals surface area (Å²) < 4.78 is 1.99. The van der Waals surface area contributed by atoms with E-state index in [2.05, 4.69) is 60.4 Å².